The van der Waals surface area contributed by atoms with Gasteiger partial charge in [0.15, 0.2) is 9.84 Å². The quantitative estimate of drug-likeness (QED) is 0.683. The molecule has 0 saturated carbocycles. The van der Waals surface area contributed by atoms with Crippen molar-refractivity contribution >= 4 is 21.5 Å². The third-order valence-electron chi connectivity index (χ3n) is 4.49. The Morgan fingerprint density at radius 1 is 0.964 bits per heavy atom. The van der Waals surface area contributed by atoms with E-state index >= 15 is 0 Å². The molecular formula is C21H24N4O2S. The molecule has 1 N–H and O–H groups in total. The normalized spacial score (nSPS) is 12.4. The molecule has 1 heterocycles. The van der Waals surface area contributed by atoms with E-state index in [0.717, 1.165) is 22.5 Å². The van der Waals surface area contributed by atoms with Gasteiger partial charge in [0.25, 0.3) is 0 Å². The lowest BCUT2D eigenvalue weighted by molar-refractivity contribution is 0.602. The van der Waals surface area contributed by atoms with Crippen LogP contribution in [0.3, 0.4) is 0 Å². The van der Waals surface area contributed by atoms with Crippen LogP contribution in [0.2, 0.25) is 0 Å². The topological polar surface area (TPSA) is 75.2 Å². The number of sulfone groups is 1. The molecule has 3 aromatic rings. The summed E-state index contributed by atoms with van der Waals surface area (Å²) in [7, 11) is 0.814. The van der Waals surface area contributed by atoms with Crippen LogP contribution in [0.25, 0.3) is 11.3 Å². The maximum atomic E-state index is 11.6. The molecule has 1 atom stereocenters. The molecule has 0 aliphatic heterocycles. The van der Waals surface area contributed by atoms with Crippen molar-refractivity contribution in [2.45, 2.75) is 17.9 Å². The second kappa shape index (κ2) is 7.98. The number of hydrogen-bond acceptors (Lipinski definition) is 6. The minimum Gasteiger partial charge on any atom is -0.378 e. The van der Waals surface area contributed by atoms with Gasteiger partial charge < -0.3 is 10.2 Å². The van der Waals surface area contributed by atoms with Gasteiger partial charge in [0, 0.05) is 37.8 Å². The number of aromatic nitrogens is 2. The highest BCUT2D eigenvalue weighted by Gasteiger charge is 2.11. The monoisotopic (exact) mass is 396 g/mol. The van der Waals surface area contributed by atoms with Crippen LogP contribution < -0.4 is 10.2 Å². The molecule has 0 aliphatic carbocycles. The van der Waals surface area contributed by atoms with E-state index in [4.69, 9.17) is 0 Å². The minimum atomic E-state index is -3.20. The largest absolute Gasteiger partial charge is 0.378 e. The third-order valence-corrected chi connectivity index (χ3v) is 5.62. The average Bonchev–Trinajstić information content (AvgIpc) is 2.67. The van der Waals surface area contributed by atoms with Crippen molar-refractivity contribution in [1.29, 1.82) is 0 Å². The summed E-state index contributed by atoms with van der Waals surface area (Å²) in [5.74, 6) is 0.522. The van der Waals surface area contributed by atoms with Crippen molar-refractivity contribution in [2.24, 2.45) is 0 Å². The van der Waals surface area contributed by atoms with Crippen molar-refractivity contribution in [3.8, 4) is 11.3 Å². The lowest BCUT2D eigenvalue weighted by Crippen LogP contribution is -2.10. The molecule has 146 valence electrons. The Labute approximate surface area is 166 Å². The Morgan fingerprint density at radius 3 is 2.18 bits per heavy atom. The summed E-state index contributed by atoms with van der Waals surface area (Å²) in [5.41, 5.74) is 3.93. The first kappa shape index (κ1) is 19.8. The van der Waals surface area contributed by atoms with Gasteiger partial charge in [-0.15, -0.1) is 0 Å². The van der Waals surface area contributed by atoms with Gasteiger partial charge in [0.05, 0.1) is 16.6 Å². The molecule has 0 saturated heterocycles. The Balaban J connectivity index is 1.77. The highest BCUT2D eigenvalue weighted by molar-refractivity contribution is 7.90. The highest BCUT2D eigenvalue weighted by Crippen LogP contribution is 2.23. The standard InChI is InChI=1S/C21H24N4O2S/c1-15(16-7-11-19(12-8-16)28(4,26)27)23-21-22-14-13-20(24-21)17-5-9-18(10-6-17)25(2)3/h5-15H,1-4H3,(H,22,23,24). The van der Waals surface area contributed by atoms with E-state index in [1.54, 1.807) is 30.5 Å². The second-order valence-corrected chi connectivity index (χ2v) is 8.93. The molecule has 0 bridgehead atoms. The van der Waals surface area contributed by atoms with Gasteiger partial charge in [-0.2, -0.15) is 0 Å². The molecule has 0 aliphatic rings. The van der Waals surface area contributed by atoms with Gasteiger partial charge in [-0.3, -0.25) is 0 Å². The van der Waals surface area contributed by atoms with Crippen LogP contribution >= 0.6 is 0 Å². The molecule has 6 nitrogen and oxygen atoms in total. The van der Waals surface area contributed by atoms with Crippen LogP contribution in [0.4, 0.5) is 11.6 Å². The Bertz CT molecular complexity index is 1050. The fourth-order valence-corrected chi connectivity index (χ4v) is 3.43. The zero-order valence-corrected chi connectivity index (χ0v) is 17.2. The zero-order chi connectivity index (χ0) is 20.3. The van der Waals surface area contributed by atoms with Crippen LogP contribution in [-0.2, 0) is 9.84 Å². The lowest BCUT2D eigenvalue weighted by atomic mass is 10.1. The van der Waals surface area contributed by atoms with E-state index in [2.05, 4.69) is 27.4 Å². The van der Waals surface area contributed by atoms with Gasteiger partial charge in [0.2, 0.25) is 5.95 Å². The van der Waals surface area contributed by atoms with Crippen molar-refractivity contribution in [3.63, 3.8) is 0 Å². The molecule has 0 spiro atoms. The minimum absolute atomic E-state index is 0.0695. The van der Waals surface area contributed by atoms with Crippen molar-refractivity contribution in [1.82, 2.24) is 9.97 Å². The Hall–Kier alpha value is -2.93. The van der Waals surface area contributed by atoms with Crippen molar-refractivity contribution < 1.29 is 8.42 Å². The maximum absolute atomic E-state index is 11.6. The zero-order valence-electron chi connectivity index (χ0n) is 16.4. The lowest BCUT2D eigenvalue weighted by Gasteiger charge is -2.15. The molecule has 3 rings (SSSR count). The number of rotatable bonds is 6. The molecule has 1 aromatic heterocycles. The van der Waals surface area contributed by atoms with E-state index in [-0.39, 0.29) is 6.04 Å². The van der Waals surface area contributed by atoms with Crippen molar-refractivity contribution in [3.05, 3.63) is 66.4 Å². The summed E-state index contributed by atoms with van der Waals surface area (Å²) < 4.78 is 23.2. The van der Waals surface area contributed by atoms with Gasteiger partial charge >= 0.3 is 0 Å². The average molecular weight is 397 g/mol. The van der Waals surface area contributed by atoms with E-state index in [9.17, 15) is 8.42 Å². The highest BCUT2D eigenvalue weighted by atomic mass is 32.2. The summed E-state index contributed by atoms with van der Waals surface area (Å²) >= 11 is 0. The summed E-state index contributed by atoms with van der Waals surface area (Å²) in [4.78, 5) is 11.3. The van der Waals surface area contributed by atoms with Crippen LogP contribution in [0.1, 0.15) is 18.5 Å². The van der Waals surface area contributed by atoms with Crippen LogP contribution in [-0.4, -0.2) is 38.7 Å². The van der Waals surface area contributed by atoms with E-state index in [1.165, 1.54) is 6.26 Å². The number of anilines is 2. The van der Waals surface area contributed by atoms with Crippen LogP contribution in [0.15, 0.2) is 65.7 Å². The predicted octanol–water partition coefficient (Wildman–Crippen LogP) is 3.79. The fourth-order valence-electron chi connectivity index (χ4n) is 2.80. The van der Waals surface area contributed by atoms with E-state index in [0.29, 0.717) is 10.8 Å². The first-order valence-corrected chi connectivity index (χ1v) is 10.8. The molecule has 28 heavy (non-hydrogen) atoms. The smallest absolute Gasteiger partial charge is 0.223 e. The van der Waals surface area contributed by atoms with Crippen LogP contribution in [0.5, 0.6) is 0 Å². The number of benzene rings is 2. The number of nitrogens with one attached hydrogen (secondary N) is 1. The summed E-state index contributed by atoms with van der Waals surface area (Å²) in [6.45, 7) is 1.98. The molecule has 0 radical (unpaired) electrons. The second-order valence-electron chi connectivity index (χ2n) is 6.91. The fraction of sp³-hybridized carbons (Fsp3) is 0.238. The van der Waals surface area contributed by atoms with E-state index < -0.39 is 9.84 Å². The summed E-state index contributed by atoms with van der Waals surface area (Å²) in [6, 6.07) is 16.8. The first-order valence-electron chi connectivity index (χ1n) is 8.91. The summed E-state index contributed by atoms with van der Waals surface area (Å²) in [5, 5.41) is 3.28. The number of hydrogen-bond donors (Lipinski definition) is 1. The predicted molar refractivity (Wildman–Crippen MR) is 113 cm³/mol. The Kier molecular flexibility index (Phi) is 5.65. The molecule has 7 heteroatoms. The summed E-state index contributed by atoms with van der Waals surface area (Å²) in [6.07, 6.45) is 2.93. The van der Waals surface area contributed by atoms with Gasteiger partial charge in [-0.1, -0.05) is 24.3 Å². The third kappa shape index (κ3) is 4.67. The Morgan fingerprint density at radius 2 is 1.61 bits per heavy atom. The first-order chi connectivity index (χ1) is 13.2. The SMILES string of the molecule is CC(Nc1nccc(-c2ccc(N(C)C)cc2)n1)c1ccc(S(C)(=O)=O)cc1. The molecule has 0 amide bonds. The molecule has 1 unspecified atom stereocenters. The van der Waals surface area contributed by atoms with Crippen molar-refractivity contribution in [2.75, 3.05) is 30.6 Å². The van der Waals surface area contributed by atoms with E-state index in [1.807, 2.05) is 44.1 Å². The van der Waals surface area contributed by atoms with Crippen LogP contribution in [0, 0.1) is 0 Å². The van der Waals surface area contributed by atoms with Gasteiger partial charge in [-0.05, 0) is 42.8 Å². The molecule has 0 fully saturated rings. The van der Waals surface area contributed by atoms with Gasteiger partial charge in [0.1, 0.15) is 0 Å². The maximum Gasteiger partial charge on any atom is 0.223 e. The number of nitrogens with zero attached hydrogens (tertiary/aromatic N) is 3. The molecule has 2 aromatic carbocycles. The van der Waals surface area contributed by atoms with Gasteiger partial charge in [-0.25, -0.2) is 18.4 Å². The molecular weight excluding hydrogens is 372 g/mol.